The third kappa shape index (κ3) is 5.16. The van der Waals surface area contributed by atoms with Gasteiger partial charge in [-0.25, -0.2) is 14.6 Å². The highest BCUT2D eigenvalue weighted by Crippen LogP contribution is 2.32. The molecular weight excluding hydrogens is 392 g/mol. The Morgan fingerprint density at radius 1 is 1.07 bits per heavy atom. The molecule has 0 spiro atoms. The van der Waals surface area contributed by atoms with Gasteiger partial charge in [0, 0.05) is 24.0 Å². The highest BCUT2D eigenvalue weighted by atomic mass is 16.6. The van der Waals surface area contributed by atoms with Gasteiger partial charge in [0.15, 0.2) is 18.1 Å². The van der Waals surface area contributed by atoms with Crippen LogP contribution in [-0.4, -0.2) is 48.8 Å². The van der Waals surface area contributed by atoms with Crippen LogP contribution in [0.1, 0.15) is 23.2 Å². The maximum Gasteiger partial charge on any atom is 0.340 e. The maximum atomic E-state index is 12.0. The third-order valence-electron chi connectivity index (χ3n) is 4.32. The number of esters is 1. The molecule has 2 aromatic rings. The Bertz CT molecular complexity index is 958. The van der Waals surface area contributed by atoms with Crippen LogP contribution in [0.4, 0.5) is 16.3 Å². The van der Waals surface area contributed by atoms with Gasteiger partial charge in [-0.2, -0.15) is 0 Å². The number of urea groups is 1. The molecule has 0 atom stereocenters. The SMILES string of the molecule is O=C(COC(=O)c1ccc(NC2CC2)nc1)NC(=O)Nc1ccc2c(c1)OCCO2. The number of imide groups is 1. The first kappa shape index (κ1) is 19.5. The molecule has 1 aliphatic heterocycles. The lowest BCUT2D eigenvalue weighted by Gasteiger charge is -2.19. The number of rotatable bonds is 6. The van der Waals surface area contributed by atoms with Gasteiger partial charge in [0.25, 0.3) is 5.91 Å². The molecule has 4 rings (SSSR count). The zero-order chi connectivity index (χ0) is 20.9. The summed E-state index contributed by atoms with van der Waals surface area (Å²) < 4.78 is 15.8. The van der Waals surface area contributed by atoms with Crippen molar-refractivity contribution in [1.29, 1.82) is 0 Å². The number of nitrogens with zero attached hydrogens (tertiary/aromatic N) is 1. The Morgan fingerprint density at radius 2 is 1.87 bits per heavy atom. The minimum Gasteiger partial charge on any atom is -0.486 e. The standard InChI is InChI=1S/C20H20N4O6/c25-18(11-30-19(26)12-1-6-17(21-10-12)22-13-2-3-13)24-20(27)23-14-4-5-15-16(9-14)29-8-7-28-15/h1,4-6,9-10,13H,2-3,7-8,11H2,(H,21,22)(H2,23,24,25,27). The van der Waals surface area contributed by atoms with Crippen LogP contribution in [0.2, 0.25) is 0 Å². The summed E-state index contributed by atoms with van der Waals surface area (Å²) in [4.78, 5) is 40.0. The number of carbonyl (C=O) groups excluding carboxylic acids is 3. The summed E-state index contributed by atoms with van der Waals surface area (Å²) in [5, 5.41) is 7.80. The van der Waals surface area contributed by atoms with E-state index in [0.717, 1.165) is 12.8 Å². The van der Waals surface area contributed by atoms with Crippen LogP contribution in [0.5, 0.6) is 11.5 Å². The molecule has 3 N–H and O–H groups in total. The van der Waals surface area contributed by atoms with E-state index in [1.807, 2.05) is 0 Å². The van der Waals surface area contributed by atoms with E-state index in [1.54, 1.807) is 30.3 Å². The average molecular weight is 412 g/mol. The van der Waals surface area contributed by atoms with Crippen LogP contribution >= 0.6 is 0 Å². The summed E-state index contributed by atoms with van der Waals surface area (Å²) >= 11 is 0. The zero-order valence-corrected chi connectivity index (χ0v) is 16.0. The Labute approximate surface area is 171 Å². The van der Waals surface area contributed by atoms with E-state index in [9.17, 15) is 14.4 Å². The van der Waals surface area contributed by atoms with Crippen LogP contribution in [0.25, 0.3) is 0 Å². The number of carbonyl (C=O) groups is 3. The molecule has 0 saturated heterocycles. The van der Waals surface area contributed by atoms with Gasteiger partial charge in [0.05, 0.1) is 5.56 Å². The molecule has 1 saturated carbocycles. The van der Waals surface area contributed by atoms with E-state index >= 15 is 0 Å². The molecule has 156 valence electrons. The molecule has 2 heterocycles. The number of hydrogen-bond acceptors (Lipinski definition) is 8. The third-order valence-corrected chi connectivity index (χ3v) is 4.32. The second-order valence-electron chi connectivity index (χ2n) is 6.79. The Kier molecular flexibility index (Phi) is 5.64. The number of anilines is 2. The fraction of sp³-hybridized carbons (Fsp3) is 0.300. The van der Waals surface area contributed by atoms with Crippen LogP contribution in [0.3, 0.4) is 0 Å². The minimum atomic E-state index is -0.765. The summed E-state index contributed by atoms with van der Waals surface area (Å²) in [6.45, 7) is 0.280. The van der Waals surface area contributed by atoms with Gasteiger partial charge in [-0.3, -0.25) is 10.1 Å². The topological polar surface area (TPSA) is 128 Å². The van der Waals surface area contributed by atoms with Gasteiger partial charge in [-0.05, 0) is 37.1 Å². The molecule has 10 nitrogen and oxygen atoms in total. The molecule has 1 aliphatic carbocycles. The van der Waals surface area contributed by atoms with E-state index in [2.05, 4.69) is 20.9 Å². The second kappa shape index (κ2) is 8.68. The van der Waals surface area contributed by atoms with Crippen LogP contribution in [0, 0.1) is 0 Å². The number of benzene rings is 1. The van der Waals surface area contributed by atoms with E-state index < -0.39 is 24.5 Å². The van der Waals surface area contributed by atoms with Crippen molar-refractivity contribution in [3.63, 3.8) is 0 Å². The molecule has 0 bridgehead atoms. The summed E-state index contributed by atoms with van der Waals surface area (Å²) in [6.07, 6.45) is 3.60. The van der Waals surface area contributed by atoms with Gasteiger partial charge in [0.1, 0.15) is 19.0 Å². The molecule has 30 heavy (non-hydrogen) atoms. The van der Waals surface area contributed by atoms with Gasteiger partial charge in [-0.15, -0.1) is 0 Å². The Hall–Kier alpha value is -3.82. The lowest BCUT2D eigenvalue weighted by Crippen LogP contribution is -2.37. The van der Waals surface area contributed by atoms with Gasteiger partial charge in [-0.1, -0.05) is 0 Å². The summed E-state index contributed by atoms with van der Waals surface area (Å²) in [5.74, 6) is 0.302. The zero-order valence-electron chi connectivity index (χ0n) is 16.0. The van der Waals surface area contributed by atoms with Crippen molar-refractivity contribution in [3.05, 3.63) is 42.1 Å². The maximum absolute atomic E-state index is 12.0. The molecule has 1 aromatic heterocycles. The molecule has 2 aliphatic rings. The quantitative estimate of drug-likeness (QED) is 0.614. The highest BCUT2D eigenvalue weighted by molar-refractivity contribution is 6.02. The first-order chi connectivity index (χ1) is 14.6. The van der Waals surface area contributed by atoms with Crippen LogP contribution < -0.4 is 25.4 Å². The Morgan fingerprint density at radius 3 is 2.60 bits per heavy atom. The largest absolute Gasteiger partial charge is 0.486 e. The van der Waals surface area contributed by atoms with E-state index in [-0.39, 0.29) is 5.56 Å². The number of amides is 3. The first-order valence-electron chi connectivity index (χ1n) is 9.47. The highest BCUT2D eigenvalue weighted by Gasteiger charge is 2.21. The summed E-state index contributed by atoms with van der Waals surface area (Å²) in [7, 11) is 0. The normalized spacial score (nSPS) is 14.4. The predicted octanol–water partition coefficient (Wildman–Crippen LogP) is 1.93. The molecule has 1 aromatic carbocycles. The summed E-state index contributed by atoms with van der Waals surface area (Å²) in [5.41, 5.74) is 0.636. The van der Waals surface area contributed by atoms with Crippen LogP contribution in [-0.2, 0) is 9.53 Å². The molecule has 1 fully saturated rings. The molecule has 0 unspecified atom stereocenters. The van der Waals surface area contributed by atoms with Crippen LogP contribution in [0.15, 0.2) is 36.5 Å². The summed E-state index contributed by atoms with van der Waals surface area (Å²) in [6, 6.07) is 7.80. The first-order valence-corrected chi connectivity index (χ1v) is 9.47. The van der Waals surface area contributed by atoms with Crippen molar-refractivity contribution < 1.29 is 28.6 Å². The van der Waals surface area contributed by atoms with Crippen molar-refractivity contribution >= 4 is 29.4 Å². The number of pyridine rings is 1. The molecule has 0 radical (unpaired) electrons. The van der Waals surface area contributed by atoms with Crippen molar-refractivity contribution in [2.45, 2.75) is 18.9 Å². The molecule has 3 amide bonds. The van der Waals surface area contributed by atoms with Crippen molar-refractivity contribution in [2.24, 2.45) is 0 Å². The van der Waals surface area contributed by atoms with Crippen molar-refractivity contribution in [3.8, 4) is 11.5 Å². The number of ether oxygens (including phenoxy) is 3. The lowest BCUT2D eigenvalue weighted by molar-refractivity contribution is -0.123. The lowest BCUT2D eigenvalue weighted by atomic mass is 10.2. The predicted molar refractivity (Wildman–Crippen MR) is 106 cm³/mol. The van der Waals surface area contributed by atoms with Gasteiger partial charge >= 0.3 is 12.0 Å². The molecule has 10 heteroatoms. The fourth-order valence-corrected chi connectivity index (χ4v) is 2.70. The van der Waals surface area contributed by atoms with E-state index in [0.29, 0.717) is 42.3 Å². The van der Waals surface area contributed by atoms with Crippen molar-refractivity contribution in [2.75, 3.05) is 30.5 Å². The van der Waals surface area contributed by atoms with E-state index in [1.165, 1.54) is 6.20 Å². The smallest absolute Gasteiger partial charge is 0.340 e. The second-order valence-corrected chi connectivity index (χ2v) is 6.79. The number of nitrogens with one attached hydrogen (secondary N) is 3. The van der Waals surface area contributed by atoms with E-state index in [4.69, 9.17) is 14.2 Å². The fourth-order valence-electron chi connectivity index (χ4n) is 2.70. The number of hydrogen-bond donors (Lipinski definition) is 3. The minimum absolute atomic E-state index is 0.213. The van der Waals surface area contributed by atoms with Crippen molar-refractivity contribution in [1.82, 2.24) is 10.3 Å². The average Bonchev–Trinajstić information content (AvgIpc) is 3.56. The molecular formula is C20H20N4O6. The number of aromatic nitrogens is 1. The number of fused-ring (bicyclic) bond motifs is 1. The van der Waals surface area contributed by atoms with Gasteiger partial charge in [0.2, 0.25) is 0 Å². The van der Waals surface area contributed by atoms with Gasteiger partial charge < -0.3 is 24.8 Å². The Balaban J connectivity index is 1.22. The monoisotopic (exact) mass is 412 g/mol.